The van der Waals surface area contributed by atoms with Crippen molar-refractivity contribution in [3.8, 4) is 0 Å². The van der Waals surface area contributed by atoms with Crippen molar-refractivity contribution in [2.75, 3.05) is 13.7 Å². The average Bonchev–Trinajstić information content (AvgIpc) is 2.37. The molecule has 0 aliphatic carbocycles. The number of benzene rings is 1. The predicted molar refractivity (Wildman–Crippen MR) is 65.5 cm³/mol. The Hall–Kier alpha value is -1.56. The highest BCUT2D eigenvalue weighted by atomic mass is 19.4. The second kappa shape index (κ2) is 7.13. The zero-order valence-corrected chi connectivity index (χ0v) is 10.6. The van der Waals surface area contributed by atoms with E-state index in [0.717, 1.165) is 12.1 Å². The van der Waals surface area contributed by atoms with Crippen molar-refractivity contribution in [1.29, 1.82) is 0 Å². The number of halogens is 3. The molecule has 0 aliphatic heterocycles. The topological polar surface area (TPSA) is 41.8 Å². The largest absolute Gasteiger partial charge is 0.416 e. The molecule has 1 aromatic rings. The van der Waals surface area contributed by atoms with Crippen LogP contribution in [0.1, 0.15) is 24.0 Å². The molecule has 19 heavy (non-hydrogen) atoms. The Morgan fingerprint density at radius 1 is 1.26 bits per heavy atom. The summed E-state index contributed by atoms with van der Waals surface area (Å²) in [4.78, 5) is 0. The molecule has 0 saturated carbocycles. The molecule has 0 spiro atoms. The number of hydrogen-bond acceptors (Lipinski definition) is 3. The van der Waals surface area contributed by atoms with E-state index >= 15 is 0 Å². The van der Waals surface area contributed by atoms with Gasteiger partial charge in [-0.3, -0.25) is 0 Å². The maximum absolute atomic E-state index is 12.4. The number of hydrogen-bond donors (Lipinski definition) is 1. The molecule has 1 aromatic carbocycles. The van der Waals surface area contributed by atoms with Crippen molar-refractivity contribution >= 4 is 5.71 Å². The lowest BCUT2D eigenvalue weighted by Crippen LogP contribution is -2.07. The van der Waals surface area contributed by atoms with Gasteiger partial charge in [0.2, 0.25) is 0 Å². The lowest BCUT2D eigenvalue weighted by atomic mass is 10.0. The first-order valence-electron chi connectivity index (χ1n) is 5.82. The quantitative estimate of drug-likeness (QED) is 0.373. The number of rotatable bonds is 6. The Morgan fingerprint density at radius 2 is 1.89 bits per heavy atom. The van der Waals surface area contributed by atoms with Gasteiger partial charge in [0.15, 0.2) is 0 Å². The van der Waals surface area contributed by atoms with Gasteiger partial charge in [0.1, 0.15) is 0 Å². The highest BCUT2D eigenvalue weighted by Gasteiger charge is 2.29. The van der Waals surface area contributed by atoms with Crippen LogP contribution in [0.25, 0.3) is 0 Å². The third-order valence-electron chi connectivity index (χ3n) is 2.64. The van der Waals surface area contributed by atoms with Crippen LogP contribution in [-0.4, -0.2) is 24.6 Å². The van der Waals surface area contributed by atoms with Crippen LogP contribution in [-0.2, 0) is 17.3 Å². The van der Waals surface area contributed by atoms with Crippen LogP contribution in [0.2, 0.25) is 0 Å². The Labute approximate surface area is 109 Å². The van der Waals surface area contributed by atoms with Crippen LogP contribution in [0, 0.1) is 0 Å². The van der Waals surface area contributed by atoms with Crippen molar-refractivity contribution in [3.05, 3.63) is 35.4 Å². The molecule has 1 N–H and O–H groups in total. The van der Waals surface area contributed by atoms with Gasteiger partial charge in [0.05, 0.1) is 11.3 Å². The molecule has 0 bridgehead atoms. The standard InChI is InChI=1S/C13H16F3NO2/c1-19-8-2-3-12(17-18)9-10-4-6-11(7-5-10)13(14,15)16/h4-7,18H,2-3,8-9H2,1H3. The molecule has 3 nitrogen and oxygen atoms in total. The van der Waals surface area contributed by atoms with E-state index in [9.17, 15) is 13.2 Å². The van der Waals surface area contributed by atoms with Crippen molar-refractivity contribution in [1.82, 2.24) is 0 Å². The van der Waals surface area contributed by atoms with Gasteiger partial charge in [-0.05, 0) is 30.5 Å². The van der Waals surface area contributed by atoms with E-state index in [1.54, 1.807) is 7.11 Å². The number of oxime groups is 1. The maximum atomic E-state index is 12.4. The van der Waals surface area contributed by atoms with Crippen molar-refractivity contribution in [3.63, 3.8) is 0 Å². The molecule has 0 radical (unpaired) electrons. The molecule has 0 saturated heterocycles. The highest BCUT2D eigenvalue weighted by Crippen LogP contribution is 2.29. The van der Waals surface area contributed by atoms with E-state index in [1.165, 1.54) is 12.1 Å². The van der Waals surface area contributed by atoms with Gasteiger partial charge in [-0.1, -0.05) is 17.3 Å². The van der Waals surface area contributed by atoms with E-state index < -0.39 is 11.7 Å². The molecule has 0 aliphatic rings. The summed E-state index contributed by atoms with van der Waals surface area (Å²) in [5.41, 5.74) is 0.521. The molecule has 106 valence electrons. The summed E-state index contributed by atoms with van der Waals surface area (Å²) in [6.45, 7) is 0.548. The second-order valence-electron chi connectivity index (χ2n) is 4.13. The Bertz CT molecular complexity index is 413. The molecular formula is C13H16F3NO2. The normalized spacial score (nSPS) is 12.7. The van der Waals surface area contributed by atoms with Crippen molar-refractivity contribution < 1.29 is 23.1 Å². The van der Waals surface area contributed by atoms with Gasteiger partial charge < -0.3 is 9.94 Å². The zero-order chi connectivity index (χ0) is 14.3. The smallest absolute Gasteiger partial charge is 0.411 e. The van der Waals surface area contributed by atoms with Gasteiger partial charge in [-0.15, -0.1) is 0 Å². The van der Waals surface area contributed by atoms with Crippen LogP contribution in [0.4, 0.5) is 13.2 Å². The highest BCUT2D eigenvalue weighted by molar-refractivity contribution is 5.86. The zero-order valence-electron chi connectivity index (χ0n) is 10.6. The maximum Gasteiger partial charge on any atom is 0.416 e. The fraction of sp³-hybridized carbons (Fsp3) is 0.462. The second-order valence-corrected chi connectivity index (χ2v) is 4.13. The first-order valence-corrected chi connectivity index (χ1v) is 5.82. The summed E-state index contributed by atoms with van der Waals surface area (Å²) in [5.74, 6) is 0. The Balaban J connectivity index is 2.61. The van der Waals surface area contributed by atoms with E-state index in [0.29, 0.717) is 37.1 Å². The summed E-state index contributed by atoms with van der Waals surface area (Å²) in [6.07, 6.45) is -2.74. The first-order chi connectivity index (χ1) is 8.97. The summed E-state index contributed by atoms with van der Waals surface area (Å²) >= 11 is 0. The monoisotopic (exact) mass is 275 g/mol. The van der Waals surface area contributed by atoms with Crippen molar-refractivity contribution in [2.24, 2.45) is 5.16 Å². The SMILES string of the molecule is COCCCC(Cc1ccc(C(F)(F)F)cc1)=NO. The minimum atomic E-state index is -4.33. The van der Waals surface area contributed by atoms with E-state index in [2.05, 4.69) is 5.16 Å². The number of alkyl halides is 3. The summed E-state index contributed by atoms with van der Waals surface area (Å²) < 4.78 is 42.0. The summed E-state index contributed by atoms with van der Waals surface area (Å²) in [6, 6.07) is 4.84. The van der Waals surface area contributed by atoms with Crippen molar-refractivity contribution in [2.45, 2.75) is 25.4 Å². The van der Waals surface area contributed by atoms with E-state index in [1.807, 2.05) is 0 Å². The van der Waals surface area contributed by atoms with Gasteiger partial charge in [-0.25, -0.2) is 0 Å². The minimum Gasteiger partial charge on any atom is -0.411 e. The van der Waals surface area contributed by atoms with Gasteiger partial charge >= 0.3 is 6.18 Å². The van der Waals surface area contributed by atoms with E-state index in [-0.39, 0.29) is 0 Å². The number of nitrogens with zero attached hydrogens (tertiary/aromatic N) is 1. The van der Waals surface area contributed by atoms with Crippen LogP contribution in [0.5, 0.6) is 0 Å². The third-order valence-corrected chi connectivity index (χ3v) is 2.64. The Kier molecular flexibility index (Phi) is 5.82. The van der Waals surface area contributed by atoms with Gasteiger partial charge in [-0.2, -0.15) is 13.2 Å². The fourth-order valence-electron chi connectivity index (χ4n) is 1.64. The molecule has 0 heterocycles. The molecule has 1 rings (SSSR count). The fourth-order valence-corrected chi connectivity index (χ4v) is 1.64. The molecule has 0 fully saturated rings. The molecule has 6 heteroatoms. The lowest BCUT2D eigenvalue weighted by molar-refractivity contribution is -0.137. The van der Waals surface area contributed by atoms with Gasteiger partial charge in [0, 0.05) is 20.1 Å². The molecule has 0 unspecified atom stereocenters. The summed E-state index contributed by atoms with van der Waals surface area (Å²) in [5, 5.41) is 12.0. The number of ether oxygens (including phenoxy) is 1. The number of methoxy groups -OCH3 is 1. The van der Waals surface area contributed by atoms with E-state index in [4.69, 9.17) is 9.94 Å². The van der Waals surface area contributed by atoms with Crippen LogP contribution < -0.4 is 0 Å². The molecule has 0 aromatic heterocycles. The molecule has 0 atom stereocenters. The average molecular weight is 275 g/mol. The van der Waals surface area contributed by atoms with Gasteiger partial charge in [0.25, 0.3) is 0 Å². The summed E-state index contributed by atoms with van der Waals surface area (Å²) in [7, 11) is 1.58. The lowest BCUT2D eigenvalue weighted by Gasteiger charge is -2.08. The first kappa shape index (κ1) is 15.5. The Morgan fingerprint density at radius 3 is 2.37 bits per heavy atom. The minimum absolute atomic E-state index is 0.332. The molecular weight excluding hydrogens is 259 g/mol. The molecule has 0 amide bonds. The van der Waals surface area contributed by atoms with Crippen LogP contribution in [0.3, 0.4) is 0 Å². The third kappa shape index (κ3) is 5.30. The van der Waals surface area contributed by atoms with Crippen LogP contribution in [0.15, 0.2) is 29.4 Å². The van der Waals surface area contributed by atoms with Crippen LogP contribution >= 0.6 is 0 Å². The predicted octanol–water partition coefficient (Wildman–Crippen LogP) is 3.50.